The number of nitrogens with zero attached hydrogens (tertiary/aromatic N) is 2. The SMILES string of the molecule is CC1=NC2=C(C(=O)CC(C)(C)C2)[C@H](c2cccnc2)C1C(=O)OC1CCCC1. The maximum Gasteiger partial charge on any atom is 0.315 e. The van der Waals surface area contributed by atoms with Gasteiger partial charge in [0.05, 0.1) is 0 Å². The van der Waals surface area contributed by atoms with Crippen LogP contribution in [0.25, 0.3) is 0 Å². The molecule has 0 radical (unpaired) electrons. The van der Waals surface area contributed by atoms with Crippen molar-refractivity contribution >= 4 is 17.5 Å². The van der Waals surface area contributed by atoms with Crippen molar-refractivity contribution in [1.82, 2.24) is 4.98 Å². The highest BCUT2D eigenvalue weighted by Crippen LogP contribution is 2.47. The van der Waals surface area contributed by atoms with Crippen molar-refractivity contribution in [3.05, 3.63) is 41.4 Å². The van der Waals surface area contributed by atoms with Gasteiger partial charge in [-0.15, -0.1) is 0 Å². The lowest BCUT2D eigenvalue weighted by Crippen LogP contribution is -2.40. The molecule has 5 nitrogen and oxygen atoms in total. The third kappa shape index (κ3) is 3.54. The topological polar surface area (TPSA) is 68.6 Å². The third-order valence-electron chi connectivity index (χ3n) is 6.18. The van der Waals surface area contributed by atoms with Crippen molar-refractivity contribution in [2.75, 3.05) is 0 Å². The van der Waals surface area contributed by atoms with Crippen molar-refractivity contribution in [1.29, 1.82) is 0 Å². The molecule has 2 atom stereocenters. The average molecular weight is 380 g/mol. The van der Waals surface area contributed by atoms with Crippen molar-refractivity contribution in [3.8, 4) is 0 Å². The van der Waals surface area contributed by atoms with Crippen LogP contribution >= 0.6 is 0 Å². The Hall–Kier alpha value is -2.30. The van der Waals surface area contributed by atoms with Crippen molar-refractivity contribution < 1.29 is 14.3 Å². The molecule has 2 aliphatic carbocycles. The molecule has 1 fully saturated rings. The van der Waals surface area contributed by atoms with Crippen LogP contribution in [0.5, 0.6) is 0 Å². The second-order valence-electron chi connectivity index (χ2n) is 9.14. The van der Waals surface area contributed by atoms with Gasteiger partial charge in [-0.25, -0.2) is 0 Å². The van der Waals surface area contributed by atoms with Crippen LogP contribution in [0.2, 0.25) is 0 Å². The lowest BCUT2D eigenvalue weighted by Gasteiger charge is -2.39. The summed E-state index contributed by atoms with van der Waals surface area (Å²) in [5, 5.41) is 0. The first-order valence-electron chi connectivity index (χ1n) is 10.3. The number of aromatic nitrogens is 1. The van der Waals surface area contributed by atoms with E-state index < -0.39 is 5.92 Å². The summed E-state index contributed by atoms with van der Waals surface area (Å²) in [7, 11) is 0. The van der Waals surface area contributed by atoms with Gasteiger partial charge in [0.1, 0.15) is 12.0 Å². The minimum Gasteiger partial charge on any atom is -0.462 e. The Bertz CT molecular complexity index is 848. The fourth-order valence-electron chi connectivity index (χ4n) is 4.91. The number of carbonyl (C=O) groups is 2. The fourth-order valence-corrected chi connectivity index (χ4v) is 4.91. The molecule has 2 heterocycles. The zero-order chi connectivity index (χ0) is 19.9. The number of allylic oxidation sites excluding steroid dienone is 2. The quantitative estimate of drug-likeness (QED) is 0.730. The summed E-state index contributed by atoms with van der Waals surface area (Å²) in [6.45, 7) is 6.08. The largest absolute Gasteiger partial charge is 0.462 e. The number of aliphatic imine (C=N–C) groups is 1. The first-order chi connectivity index (χ1) is 13.4. The lowest BCUT2D eigenvalue weighted by atomic mass is 9.67. The van der Waals surface area contributed by atoms with Gasteiger partial charge in [0.15, 0.2) is 5.78 Å². The van der Waals surface area contributed by atoms with Gasteiger partial charge in [-0.2, -0.15) is 0 Å². The van der Waals surface area contributed by atoms with Gasteiger partial charge in [-0.1, -0.05) is 19.9 Å². The van der Waals surface area contributed by atoms with E-state index in [4.69, 9.17) is 9.73 Å². The minimum absolute atomic E-state index is 0.00813. The number of carbonyl (C=O) groups excluding carboxylic acids is 2. The number of rotatable bonds is 3. The van der Waals surface area contributed by atoms with E-state index in [2.05, 4.69) is 18.8 Å². The maximum absolute atomic E-state index is 13.2. The van der Waals surface area contributed by atoms with Crippen LogP contribution in [0.1, 0.15) is 70.8 Å². The molecular weight excluding hydrogens is 352 g/mol. The van der Waals surface area contributed by atoms with E-state index >= 15 is 0 Å². The van der Waals surface area contributed by atoms with Crippen LogP contribution in [0, 0.1) is 11.3 Å². The summed E-state index contributed by atoms with van der Waals surface area (Å²) in [5.41, 5.74) is 3.02. The second kappa shape index (κ2) is 7.26. The lowest BCUT2D eigenvalue weighted by molar-refractivity contribution is -0.151. The number of esters is 1. The summed E-state index contributed by atoms with van der Waals surface area (Å²) in [5.74, 6) is -1.09. The minimum atomic E-state index is -0.561. The molecule has 1 aliphatic heterocycles. The van der Waals surface area contributed by atoms with E-state index in [0.717, 1.165) is 49.1 Å². The Morgan fingerprint density at radius 1 is 1.21 bits per heavy atom. The summed E-state index contributed by atoms with van der Waals surface area (Å²) < 4.78 is 5.85. The van der Waals surface area contributed by atoms with Gasteiger partial charge in [-0.05, 0) is 56.1 Å². The second-order valence-corrected chi connectivity index (χ2v) is 9.14. The highest BCUT2D eigenvalue weighted by Gasteiger charge is 2.46. The Morgan fingerprint density at radius 2 is 1.96 bits per heavy atom. The zero-order valence-corrected chi connectivity index (χ0v) is 16.9. The van der Waals surface area contributed by atoms with E-state index in [0.29, 0.717) is 12.0 Å². The summed E-state index contributed by atoms with van der Waals surface area (Å²) in [6.07, 6.45) is 8.73. The first kappa shape index (κ1) is 19.0. The van der Waals surface area contributed by atoms with E-state index in [9.17, 15) is 9.59 Å². The molecule has 0 spiro atoms. The van der Waals surface area contributed by atoms with Crippen LogP contribution in [0.15, 0.2) is 40.8 Å². The molecule has 0 amide bonds. The molecule has 5 heteroatoms. The fraction of sp³-hybridized carbons (Fsp3) is 0.565. The maximum atomic E-state index is 13.2. The Morgan fingerprint density at radius 3 is 2.64 bits per heavy atom. The third-order valence-corrected chi connectivity index (χ3v) is 6.18. The molecule has 3 aliphatic rings. The first-order valence-corrected chi connectivity index (χ1v) is 10.3. The normalized spacial score (nSPS) is 27.4. The number of ether oxygens (including phenoxy) is 1. The van der Waals surface area contributed by atoms with Gasteiger partial charge in [0.25, 0.3) is 0 Å². The number of ketones is 1. The van der Waals surface area contributed by atoms with Crippen molar-refractivity contribution in [3.63, 3.8) is 0 Å². The molecule has 1 aromatic heterocycles. The van der Waals surface area contributed by atoms with E-state index in [1.807, 2.05) is 19.1 Å². The summed E-state index contributed by atoms with van der Waals surface area (Å²) >= 11 is 0. The highest BCUT2D eigenvalue weighted by molar-refractivity contribution is 6.09. The van der Waals surface area contributed by atoms with E-state index in [-0.39, 0.29) is 29.2 Å². The monoisotopic (exact) mass is 380 g/mol. The predicted molar refractivity (Wildman–Crippen MR) is 107 cm³/mol. The Kier molecular flexibility index (Phi) is 4.94. The van der Waals surface area contributed by atoms with Gasteiger partial charge in [0, 0.05) is 41.7 Å². The van der Waals surface area contributed by atoms with Crippen LogP contribution in [-0.4, -0.2) is 28.6 Å². The average Bonchev–Trinajstić information content (AvgIpc) is 3.13. The number of pyridine rings is 1. The predicted octanol–water partition coefficient (Wildman–Crippen LogP) is 4.38. The summed E-state index contributed by atoms with van der Waals surface area (Å²) in [6, 6.07) is 3.80. The van der Waals surface area contributed by atoms with Gasteiger partial charge >= 0.3 is 5.97 Å². The molecule has 0 N–H and O–H groups in total. The smallest absolute Gasteiger partial charge is 0.315 e. The van der Waals surface area contributed by atoms with Crippen LogP contribution in [-0.2, 0) is 14.3 Å². The van der Waals surface area contributed by atoms with Gasteiger partial charge < -0.3 is 4.74 Å². The van der Waals surface area contributed by atoms with Gasteiger partial charge in [-0.3, -0.25) is 19.6 Å². The van der Waals surface area contributed by atoms with Gasteiger partial charge in [0.2, 0.25) is 0 Å². The highest BCUT2D eigenvalue weighted by atomic mass is 16.5. The number of hydrogen-bond acceptors (Lipinski definition) is 5. The molecule has 4 rings (SSSR count). The molecule has 148 valence electrons. The number of Topliss-reactive ketones (excluding diaryl/α,β-unsaturated/α-hetero) is 1. The Balaban J connectivity index is 1.76. The summed E-state index contributed by atoms with van der Waals surface area (Å²) in [4.78, 5) is 35.4. The standard InChI is InChI=1S/C23H28N2O3/c1-14-19(22(27)28-16-8-4-5-9-16)20(15-7-6-10-24-13-15)21-17(25-14)11-23(2,3)12-18(21)26/h6-7,10,13,16,19-20H,4-5,8-9,11-12H2,1-3H3/t19?,20-/m1/s1. The van der Waals surface area contributed by atoms with Crippen LogP contribution < -0.4 is 0 Å². The molecule has 1 saturated carbocycles. The van der Waals surface area contributed by atoms with Crippen LogP contribution in [0.4, 0.5) is 0 Å². The molecule has 0 aromatic carbocycles. The Labute approximate surface area is 166 Å². The molecular formula is C23H28N2O3. The van der Waals surface area contributed by atoms with E-state index in [1.54, 1.807) is 12.4 Å². The molecule has 1 unspecified atom stereocenters. The zero-order valence-electron chi connectivity index (χ0n) is 16.9. The van der Waals surface area contributed by atoms with Crippen LogP contribution in [0.3, 0.4) is 0 Å². The van der Waals surface area contributed by atoms with Crippen molar-refractivity contribution in [2.45, 2.75) is 71.3 Å². The van der Waals surface area contributed by atoms with E-state index in [1.165, 1.54) is 0 Å². The number of hydrogen-bond donors (Lipinski definition) is 0. The molecule has 28 heavy (non-hydrogen) atoms. The molecule has 0 bridgehead atoms. The molecule has 0 saturated heterocycles. The molecule has 1 aromatic rings. The van der Waals surface area contributed by atoms with Crippen molar-refractivity contribution in [2.24, 2.45) is 16.3 Å².